The van der Waals surface area contributed by atoms with Crippen molar-refractivity contribution in [3.63, 3.8) is 0 Å². The average molecular weight is 506 g/mol. The van der Waals surface area contributed by atoms with Gasteiger partial charge in [-0.25, -0.2) is 21.2 Å². The lowest BCUT2D eigenvalue weighted by atomic mass is 10.2. The van der Waals surface area contributed by atoms with Crippen LogP contribution < -0.4 is 14.9 Å². The Bertz CT molecular complexity index is 1420. The van der Waals surface area contributed by atoms with E-state index in [1.165, 1.54) is 31.3 Å². The summed E-state index contributed by atoms with van der Waals surface area (Å²) >= 11 is 0. The first kappa shape index (κ1) is 25.2. The molecule has 0 heterocycles. The molecule has 0 saturated carbocycles. The van der Waals surface area contributed by atoms with E-state index in [1.54, 1.807) is 37.3 Å². The van der Waals surface area contributed by atoms with Gasteiger partial charge in [0.15, 0.2) is 0 Å². The molecule has 0 aromatic heterocycles. The number of carbonyl (C=O) groups is 1. The lowest BCUT2D eigenvalue weighted by molar-refractivity contribution is -0.114. The molecule has 0 aliphatic heterocycles. The maximum atomic E-state index is 13.3. The molecule has 8 nitrogen and oxygen atoms in total. The fourth-order valence-corrected chi connectivity index (χ4v) is 5.11. The van der Waals surface area contributed by atoms with E-state index in [1.807, 2.05) is 0 Å². The number of hydrogen-bond acceptors (Lipinski definition) is 6. The number of sulfone groups is 1. The molecule has 3 aromatic carbocycles. The quantitative estimate of drug-likeness (QED) is 0.454. The fraction of sp³-hybridized carbons (Fsp3) is 0.174. The highest BCUT2D eigenvalue weighted by Gasteiger charge is 2.22. The number of rotatable bonds is 8. The van der Waals surface area contributed by atoms with Crippen LogP contribution in [0.3, 0.4) is 0 Å². The molecular formula is C23H24FN3O5S2. The zero-order chi connectivity index (χ0) is 25.1. The van der Waals surface area contributed by atoms with Crippen LogP contribution in [0.25, 0.3) is 0 Å². The van der Waals surface area contributed by atoms with E-state index in [-0.39, 0.29) is 22.0 Å². The molecule has 0 aliphatic carbocycles. The van der Waals surface area contributed by atoms with Gasteiger partial charge in [-0.15, -0.1) is 0 Å². The second kappa shape index (κ2) is 9.82. The van der Waals surface area contributed by atoms with E-state index in [9.17, 15) is 26.0 Å². The Hall–Kier alpha value is -3.44. The molecule has 3 rings (SSSR count). The fourth-order valence-electron chi connectivity index (χ4n) is 3.09. The Labute approximate surface area is 198 Å². The van der Waals surface area contributed by atoms with Gasteiger partial charge < -0.3 is 10.6 Å². The molecule has 180 valence electrons. The van der Waals surface area contributed by atoms with Crippen LogP contribution in [0, 0.1) is 12.7 Å². The first-order chi connectivity index (χ1) is 15.9. The molecule has 0 aliphatic rings. The highest BCUT2D eigenvalue weighted by molar-refractivity contribution is 7.92. The van der Waals surface area contributed by atoms with Gasteiger partial charge in [0.25, 0.3) is 0 Å². The number of nitrogens with one attached hydrogen (secondary N) is 2. The molecule has 34 heavy (non-hydrogen) atoms. The summed E-state index contributed by atoms with van der Waals surface area (Å²) < 4.78 is 64.1. The molecular weight excluding hydrogens is 481 g/mol. The van der Waals surface area contributed by atoms with Crippen LogP contribution in [0.5, 0.6) is 0 Å². The second-order valence-corrected chi connectivity index (χ2v) is 11.6. The van der Waals surface area contributed by atoms with Gasteiger partial charge in [-0.05, 0) is 67.1 Å². The summed E-state index contributed by atoms with van der Waals surface area (Å²) in [6, 6.07) is 15.5. The number of halogens is 1. The summed E-state index contributed by atoms with van der Waals surface area (Å²) in [5, 5.41) is 5.49. The average Bonchev–Trinajstić information content (AvgIpc) is 2.77. The van der Waals surface area contributed by atoms with Gasteiger partial charge in [0.1, 0.15) is 5.82 Å². The standard InChI is InChI=1S/C23H24FN3O5S2/c1-16-7-12-21(22(13-16)34(31,32)20-10-8-17(24)9-11-20)25-15-23(28)26-18-5-4-6-19(14-18)27(2)33(3,29)30/h4-14,25H,15H2,1-3H3,(H,26,28). The minimum atomic E-state index is -3.97. The largest absolute Gasteiger partial charge is 0.375 e. The maximum absolute atomic E-state index is 13.3. The van der Waals surface area contributed by atoms with Crippen molar-refractivity contribution in [1.29, 1.82) is 0 Å². The SMILES string of the molecule is Cc1ccc(NCC(=O)Nc2cccc(N(C)S(C)(=O)=O)c2)c(S(=O)(=O)c2ccc(F)cc2)c1. The monoisotopic (exact) mass is 505 g/mol. The summed E-state index contributed by atoms with van der Waals surface area (Å²) in [4.78, 5) is 12.4. The summed E-state index contributed by atoms with van der Waals surface area (Å²) in [6.45, 7) is 1.49. The Morgan fingerprint density at radius 2 is 1.65 bits per heavy atom. The highest BCUT2D eigenvalue weighted by atomic mass is 32.2. The third-order valence-electron chi connectivity index (χ3n) is 4.98. The summed E-state index contributed by atoms with van der Waals surface area (Å²) in [5.74, 6) is -1.02. The van der Waals surface area contributed by atoms with E-state index in [4.69, 9.17) is 0 Å². The molecule has 0 spiro atoms. The number of benzene rings is 3. The topological polar surface area (TPSA) is 113 Å². The van der Waals surface area contributed by atoms with Crippen LogP contribution in [0.4, 0.5) is 21.5 Å². The second-order valence-electron chi connectivity index (χ2n) is 7.64. The Balaban J connectivity index is 1.78. The van der Waals surface area contributed by atoms with E-state index in [2.05, 4.69) is 10.6 Å². The number of anilines is 3. The van der Waals surface area contributed by atoms with E-state index in [0.717, 1.165) is 22.7 Å². The van der Waals surface area contributed by atoms with Gasteiger partial charge in [0, 0.05) is 12.7 Å². The molecule has 11 heteroatoms. The normalized spacial score (nSPS) is 11.6. The van der Waals surface area contributed by atoms with Crippen molar-refractivity contribution >= 4 is 42.8 Å². The summed E-state index contributed by atoms with van der Waals surface area (Å²) in [6.07, 6.45) is 1.07. The minimum absolute atomic E-state index is 0.0383. The molecule has 0 atom stereocenters. The van der Waals surface area contributed by atoms with Crippen molar-refractivity contribution in [3.8, 4) is 0 Å². The van der Waals surface area contributed by atoms with Gasteiger partial charge >= 0.3 is 0 Å². The Morgan fingerprint density at radius 1 is 0.971 bits per heavy atom. The van der Waals surface area contributed by atoms with Crippen LogP contribution in [-0.4, -0.2) is 42.6 Å². The number of aryl methyl sites for hydroxylation is 1. The van der Waals surface area contributed by atoms with Crippen molar-refractivity contribution in [3.05, 3.63) is 78.1 Å². The van der Waals surface area contributed by atoms with Crippen molar-refractivity contribution in [2.45, 2.75) is 16.7 Å². The van der Waals surface area contributed by atoms with Gasteiger partial charge in [0.05, 0.1) is 34.0 Å². The van der Waals surface area contributed by atoms with Gasteiger partial charge in [-0.3, -0.25) is 9.10 Å². The lowest BCUT2D eigenvalue weighted by Gasteiger charge is -2.18. The summed E-state index contributed by atoms with van der Waals surface area (Å²) in [7, 11) is -6.03. The zero-order valence-electron chi connectivity index (χ0n) is 18.7. The Morgan fingerprint density at radius 3 is 2.29 bits per heavy atom. The van der Waals surface area contributed by atoms with Crippen LogP contribution >= 0.6 is 0 Å². The van der Waals surface area contributed by atoms with Crippen molar-refractivity contribution in [2.24, 2.45) is 0 Å². The van der Waals surface area contributed by atoms with E-state index >= 15 is 0 Å². The molecule has 0 radical (unpaired) electrons. The molecule has 0 bridgehead atoms. The van der Waals surface area contributed by atoms with E-state index in [0.29, 0.717) is 16.9 Å². The third kappa shape index (κ3) is 5.91. The van der Waals surface area contributed by atoms with Crippen molar-refractivity contribution in [2.75, 3.05) is 34.8 Å². The number of nitrogens with zero attached hydrogens (tertiary/aromatic N) is 1. The van der Waals surface area contributed by atoms with Crippen molar-refractivity contribution in [1.82, 2.24) is 0 Å². The molecule has 3 aromatic rings. The number of hydrogen-bond donors (Lipinski definition) is 2. The third-order valence-corrected chi connectivity index (χ3v) is 8.00. The van der Waals surface area contributed by atoms with Crippen molar-refractivity contribution < 1.29 is 26.0 Å². The molecule has 0 fully saturated rings. The van der Waals surface area contributed by atoms with E-state index < -0.39 is 31.6 Å². The molecule has 0 saturated heterocycles. The van der Waals surface area contributed by atoms with Gasteiger partial charge in [-0.1, -0.05) is 12.1 Å². The minimum Gasteiger partial charge on any atom is -0.375 e. The predicted molar refractivity (Wildman–Crippen MR) is 130 cm³/mol. The van der Waals surface area contributed by atoms with Crippen LogP contribution in [-0.2, 0) is 24.7 Å². The molecule has 2 N–H and O–H groups in total. The highest BCUT2D eigenvalue weighted by Crippen LogP contribution is 2.29. The maximum Gasteiger partial charge on any atom is 0.243 e. The van der Waals surface area contributed by atoms with Crippen LogP contribution in [0.15, 0.2) is 76.5 Å². The smallest absolute Gasteiger partial charge is 0.243 e. The zero-order valence-corrected chi connectivity index (χ0v) is 20.4. The summed E-state index contributed by atoms with van der Waals surface area (Å²) in [5.41, 5.74) is 1.67. The lowest BCUT2D eigenvalue weighted by Crippen LogP contribution is -2.25. The van der Waals surface area contributed by atoms with Gasteiger partial charge in [0.2, 0.25) is 25.8 Å². The number of carbonyl (C=O) groups excluding carboxylic acids is 1. The molecule has 1 amide bonds. The van der Waals surface area contributed by atoms with Gasteiger partial charge in [-0.2, -0.15) is 0 Å². The molecule has 0 unspecified atom stereocenters. The first-order valence-corrected chi connectivity index (χ1v) is 13.4. The number of amides is 1. The number of sulfonamides is 1. The predicted octanol–water partition coefficient (Wildman–Crippen LogP) is 3.41. The van der Waals surface area contributed by atoms with Crippen LogP contribution in [0.1, 0.15) is 5.56 Å². The Kier molecular flexibility index (Phi) is 7.27. The van der Waals surface area contributed by atoms with Crippen LogP contribution in [0.2, 0.25) is 0 Å². The first-order valence-electron chi connectivity index (χ1n) is 10.1.